The van der Waals surface area contributed by atoms with Gasteiger partial charge in [-0.3, -0.25) is 4.79 Å². The Morgan fingerprint density at radius 1 is 1.14 bits per heavy atom. The Morgan fingerprint density at radius 3 is 2.54 bits per heavy atom. The van der Waals surface area contributed by atoms with Gasteiger partial charge in [0.05, 0.1) is 31.3 Å². The Morgan fingerprint density at radius 2 is 1.86 bits per heavy atom. The number of nitrogens with one attached hydrogen (secondary N) is 1. The Hall–Kier alpha value is -2.51. The maximum atomic E-state index is 12.4. The molecular weight excluding hydrogens is 374 g/mol. The van der Waals surface area contributed by atoms with Crippen molar-refractivity contribution in [3.8, 4) is 5.75 Å². The zero-order valence-electron chi connectivity index (χ0n) is 16.0. The molecule has 2 aromatic rings. The van der Waals surface area contributed by atoms with E-state index in [0.29, 0.717) is 19.8 Å². The zero-order valence-corrected chi connectivity index (χ0v) is 16.8. The molecule has 3 rings (SSSR count). The highest BCUT2D eigenvalue weighted by molar-refractivity contribution is 8.14. The van der Waals surface area contributed by atoms with E-state index >= 15 is 0 Å². The molecule has 1 aliphatic heterocycles. The number of rotatable bonds is 6. The number of morpholine rings is 1. The van der Waals surface area contributed by atoms with Gasteiger partial charge in [-0.1, -0.05) is 30.0 Å². The van der Waals surface area contributed by atoms with Gasteiger partial charge in [-0.15, -0.1) is 0 Å². The number of amidine groups is 1. The summed E-state index contributed by atoms with van der Waals surface area (Å²) in [5.74, 6) is 1.01. The maximum absolute atomic E-state index is 12.4. The lowest BCUT2D eigenvalue weighted by Crippen LogP contribution is -2.39. The molecule has 0 radical (unpaired) electrons. The molecule has 1 aliphatic rings. The third-order valence-corrected chi connectivity index (χ3v) is 5.06. The number of carbonyl (C=O) groups is 1. The summed E-state index contributed by atoms with van der Waals surface area (Å²) < 4.78 is 10.9. The molecule has 1 heterocycles. The van der Waals surface area contributed by atoms with E-state index in [4.69, 9.17) is 14.5 Å². The van der Waals surface area contributed by atoms with Crippen LogP contribution in [0.4, 0.5) is 11.4 Å². The molecule has 0 unspecified atom stereocenters. The number of ether oxygens (including phenoxy) is 2. The van der Waals surface area contributed by atoms with Crippen LogP contribution in [0, 0.1) is 0 Å². The van der Waals surface area contributed by atoms with Gasteiger partial charge in [0.15, 0.2) is 5.17 Å². The standard InChI is InChI=1S/C21H25N3O3S/c1-2-27-19-10-8-18(9-11-19)22-20(25)16-28-21(24-12-14-26-15-13-24)23-17-6-4-3-5-7-17/h3-11H,2,12-16H2,1H3,(H,22,25). The van der Waals surface area contributed by atoms with Gasteiger partial charge in [-0.25, -0.2) is 4.99 Å². The van der Waals surface area contributed by atoms with Crippen LogP contribution in [0.15, 0.2) is 59.6 Å². The van der Waals surface area contributed by atoms with Gasteiger partial charge >= 0.3 is 0 Å². The monoisotopic (exact) mass is 399 g/mol. The van der Waals surface area contributed by atoms with E-state index in [2.05, 4.69) is 10.2 Å². The fraction of sp³-hybridized carbons (Fsp3) is 0.333. The summed E-state index contributed by atoms with van der Waals surface area (Å²) in [5.41, 5.74) is 1.63. The van der Waals surface area contributed by atoms with Crippen molar-refractivity contribution in [1.29, 1.82) is 0 Å². The number of hydrogen-bond donors (Lipinski definition) is 1. The number of benzene rings is 2. The van der Waals surface area contributed by atoms with Gasteiger partial charge < -0.3 is 19.7 Å². The largest absolute Gasteiger partial charge is 0.494 e. The summed E-state index contributed by atoms with van der Waals surface area (Å²) in [5, 5.41) is 3.76. The second-order valence-corrected chi connectivity index (χ2v) is 7.07. The first-order chi connectivity index (χ1) is 13.7. The van der Waals surface area contributed by atoms with E-state index in [-0.39, 0.29) is 11.7 Å². The minimum atomic E-state index is -0.0665. The van der Waals surface area contributed by atoms with Gasteiger partial charge in [0.1, 0.15) is 5.75 Å². The summed E-state index contributed by atoms with van der Waals surface area (Å²) in [4.78, 5) is 19.3. The molecule has 0 aliphatic carbocycles. The first kappa shape index (κ1) is 20.2. The van der Waals surface area contributed by atoms with Crippen LogP contribution < -0.4 is 10.1 Å². The predicted octanol–water partition coefficient (Wildman–Crippen LogP) is 3.78. The van der Waals surface area contributed by atoms with Crippen LogP contribution in [0.1, 0.15) is 6.92 Å². The van der Waals surface area contributed by atoms with Crippen molar-refractivity contribution in [2.24, 2.45) is 4.99 Å². The number of anilines is 1. The molecule has 6 nitrogen and oxygen atoms in total. The van der Waals surface area contributed by atoms with Crippen LogP contribution in [0.25, 0.3) is 0 Å². The van der Waals surface area contributed by atoms with Crippen molar-refractivity contribution in [2.45, 2.75) is 6.92 Å². The first-order valence-electron chi connectivity index (χ1n) is 9.36. The molecule has 0 aromatic heterocycles. The van der Waals surface area contributed by atoms with Crippen molar-refractivity contribution in [3.63, 3.8) is 0 Å². The lowest BCUT2D eigenvalue weighted by Gasteiger charge is -2.29. The Kier molecular flexibility index (Phi) is 7.75. The second kappa shape index (κ2) is 10.7. The van der Waals surface area contributed by atoms with Gasteiger partial charge in [-0.05, 0) is 43.3 Å². The van der Waals surface area contributed by atoms with Crippen LogP contribution in [0.3, 0.4) is 0 Å². The SMILES string of the molecule is CCOc1ccc(NC(=O)CSC(=Nc2ccccc2)N2CCOCC2)cc1. The van der Waals surface area contributed by atoms with Crippen LogP contribution in [-0.2, 0) is 9.53 Å². The van der Waals surface area contributed by atoms with E-state index in [0.717, 1.165) is 35.4 Å². The molecule has 28 heavy (non-hydrogen) atoms. The van der Waals surface area contributed by atoms with E-state index in [1.165, 1.54) is 11.8 Å². The number of para-hydroxylation sites is 1. The number of amides is 1. The number of carbonyl (C=O) groups excluding carboxylic acids is 1. The fourth-order valence-electron chi connectivity index (χ4n) is 2.69. The molecule has 1 amide bonds. The van der Waals surface area contributed by atoms with Crippen molar-refractivity contribution < 1.29 is 14.3 Å². The lowest BCUT2D eigenvalue weighted by atomic mass is 10.3. The second-order valence-electron chi connectivity index (χ2n) is 6.12. The summed E-state index contributed by atoms with van der Waals surface area (Å²) in [6, 6.07) is 17.2. The number of thioether (sulfide) groups is 1. The minimum Gasteiger partial charge on any atom is -0.494 e. The highest BCUT2D eigenvalue weighted by Gasteiger charge is 2.17. The normalized spacial score (nSPS) is 14.6. The van der Waals surface area contributed by atoms with Crippen molar-refractivity contribution >= 4 is 34.2 Å². The summed E-state index contributed by atoms with van der Waals surface area (Å²) in [6.07, 6.45) is 0. The van der Waals surface area contributed by atoms with Crippen LogP contribution in [0.2, 0.25) is 0 Å². The van der Waals surface area contributed by atoms with Crippen molar-refractivity contribution in [3.05, 3.63) is 54.6 Å². The first-order valence-corrected chi connectivity index (χ1v) is 10.3. The number of aliphatic imine (C=N–C) groups is 1. The van der Waals surface area contributed by atoms with Gasteiger partial charge in [0.25, 0.3) is 0 Å². The molecular formula is C21H25N3O3S. The van der Waals surface area contributed by atoms with Crippen LogP contribution in [-0.4, -0.2) is 54.6 Å². The lowest BCUT2D eigenvalue weighted by molar-refractivity contribution is -0.113. The molecule has 0 atom stereocenters. The van der Waals surface area contributed by atoms with Gasteiger partial charge in [-0.2, -0.15) is 0 Å². The molecule has 1 saturated heterocycles. The van der Waals surface area contributed by atoms with E-state index in [1.54, 1.807) is 0 Å². The van der Waals surface area contributed by atoms with Gasteiger partial charge in [0.2, 0.25) is 5.91 Å². The fourth-order valence-corrected chi connectivity index (χ4v) is 3.56. The van der Waals surface area contributed by atoms with Crippen LogP contribution >= 0.6 is 11.8 Å². The van der Waals surface area contributed by atoms with Crippen LogP contribution in [0.5, 0.6) is 5.75 Å². The Balaban J connectivity index is 1.60. The molecule has 0 bridgehead atoms. The smallest absolute Gasteiger partial charge is 0.234 e. The maximum Gasteiger partial charge on any atom is 0.234 e. The number of hydrogen-bond acceptors (Lipinski definition) is 5. The van der Waals surface area contributed by atoms with E-state index in [1.807, 2.05) is 61.5 Å². The van der Waals surface area contributed by atoms with Crippen molar-refractivity contribution in [1.82, 2.24) is 4.90 Å². The predicted molar refractivity (Wildman–Crippen MR) is 115 cm³/mol. The quantitative estimate of drug-likeness (QED) is 0.592. The molecule has 1 fully saturated rings. The van der Waals surface area contributed by atoms with E-state index < -0.39 is 0 Å². The molecule has 0 saturated carbocycles. The minimum absolute atomic E-state index is 0.0665. The molecule has 2 aromatic carbocycles. The molecule has 7 heteroatoms. The highest BCUT2D eigenvalue weighted by atomic mass is 32.2. The average molecular weight is 400 g/mol. The van der Waals surface area contributed by atoms with E-state index in [9.17, 15) is 4.79 Å². The average Bonchev–Trinajstić information content (AvgIpc) is 2.74. The third-order valence-electron chi connectivity index (χ3n) is 4.04. The van der Waals surface area contributed by atoms with Crippen molar-refractivity contribution in [2.75, 3.05) is 44.0 Å². The topological polar surface area (TPSA) is 63.2 Å². The molecule has 148 valence electrons. The number of nitrogens with zero attached hydrogens (tertiary/aromatic N) is 2. The summed E-state index contributed by atoms with van der Waals surface area (Å²) in [6.45, 7) is 5.46. The summed E-state index contributed by atoms with van der Waals surface area (Å²) in [7, 11) is 0. The third kappa shape index (κ3) is 6.28. The Bertz CT molecular complexity index is 775. The molecule has 0 spiro atoms. The summed E-state index contributed by atoms with van der Waals surface area (Å²) >= 11 is 1.45. The molecule has 1 N–H and O–H groups in total. The zero-order chi connectivity index (χ0) is 19.6. The highest BCUT2D eigenvalue weighted by Crippen LogP contribution is 2.20. The van der Waals surface area contributed by atoms with Gasteiger partial charge in [0, 0.05) is 18.8 Å². The Labute approximate surface area is 169 Å².